The molecule has 0 fully saturated rings. The van der Waals surface area contributed by atoms with Crippen LogP contribution in [0.5, 0.6) is 11.5 Å². The molecule has 0 saturated heterocycles. The van der Waals surface area contributed by atoms with Crippen molar-refractivity contribution in [3.8, 4) is 34.0 Å². The molecular formula is C25H20N2O5S. The predicted octanol–water partition coefficient (Wildman–Crippen LogP) is 5.32. The van der Waals surface area contributed by atoms with Crippen LogP contribution >= 0.6 is 0 Å². The van der Waals surface area contributed by atoms with Crippen molar-refractivity contribution in [1.82, 2.24) is 9.97 Å². The number of aromatic amines is 1. The van der Waals surface area contributed by atoms with Gasteiger partial charge in [0.05, 0.1) is 28.5 Å². The Morgan fingerprint density at radius 2 is 1.67 bits per heavy atom. The number of rotatable bonds is 4. The number of hydrogen-bond donors (Lipinski definition) is 3. The Morgan fingerprint density at radius 3 is 2.39 bits per heavy atom. The Hall–Kier alpha value is -3.88. The molecule has 0 radical (unpaired) electrons. The van der Waals surface area contributed by atoms with Crippen molar-refractivity contribution in [3.63, 3.8) is 0 Å². The second kappa shape index (κ2) is 7.61. The molecule has 1 heterocycles. The number of aromatic hydroxyl groups is 1. The number of nitrogens with zero attached hydrogens (tertiary/aromatic N) is 1. The van der Waals surface area contributed by atoms with Crippen LogP contribution < -0.4 is 4.74 Å². The highest BCUT2D eigenvalue weighted by Crippen LogP contribution is 2.41. The molecule has 3 N–H and O–H groups in total. The van der Waals surface area contributed by atoms with Gasteiger partial charge in [-0.25, -0.2) is 4.98 Å². The van der Waals surface area contributed by atoms with Crippen LogP contribution in [0.15, 0.2) is 71.6 Å². The molecule has 0 amide bonds. The number of ether oxygens (including phenoxy) is 1. The minimum absolute atomic E-state index is 0.288. The number of para-hydroxylation sites is 1. The van der Waals surface area contributed by atoms with Crippen molar-refractivity contribution in [1.29, 1.82) is 0 Å². The lowest BCUT2D eigenvalue weighted by Gasteiger charge is -2.14. The van der Waals surface area contributed by atoms with E-state index in [0.717, 1.165) is 28.3 Å². The predicted molar refractivity (Wildman–Crippen MR) is 127 cm³/mol. The van der Waals surface area contributed by atoms with E-state index in [1.165, 1.54) is 6.07 Å². The third-order valence-corrected chi connectivity index (χ3v) is 6.56. The second-order valence-electron chi connectivity index (χ2n) is 7.76. The molecule has 0 unspecified atom stereocenters. The summed E-state index contributed by atoms with van der Waals surface area (Å²) in [5.41, 5.74) is 4.98. The molecule has 1 aromatic heterocycles. The van der Waals surface area contributed by atoms with E-state index in [1.54, 1.807) is 19.2 Å². The number of benzene rings is 4. The first-order valence-corrected chi connectivity index (χ1v) is 11.6. The minimum Gasteiger partial charge on any atom is -0.507 e. The summed E-state index contributed by atoms with van der Waals surface area (Å²) >= 11 is 0. The molecule has 4 aromatic carbocycles. The number of phenols is 1. The Kier molecular flexibility index (Phi) is 4.84. The maximum absolute atomic E-state index is 11.5. The van der Waals surface area contributed by atoms with Crippen LogP contribution in [0, 0.1) is 6.92 Å². The number of aryl methyl sites for hydroxylation is 1. The van der Waals surface area contributed by atoms with Crippen molar-refractivity contribution < 1.29 is 22.8 Å². The largest absolute Gasteiger partial charge is 0.507 e. The van der Waals surface area contributed by atoms with Crippen molar-refractivity contribution >= 4 is 31.9 Å². The maximum Gasteiger partial charge on any atom is 0.294 e. The third-order valence-electron chi connectivity index (χ3n) is 5.73. The van der Waals surface area contributed by atoms with Gasteiger partial charge >= 0.3 is 0 Å². The average Bonchev–Trinajstić information content (AvgIpc) is 3.22. The summed E-state index contributed by atoms with van der Waals surface area (Å²) in [6.45, 7) is 2.04. The summed E-state index contributed by atoms with van der Waals surface area (Å²) in [6, 6.07) is 19.6. The maximum atomic E-state index is 11.5. The van der Waals surface area contributed by atoms with Crippen molar-refractivity contribution in [2.24, 2.45) is 0 Å². The summed E-state index contributed by atoms with van der Waals surface area (Å²) in [7, 11) is -2.84. The van der Waals surface area contributed by atoms with Crippen LogP contribution in [0.3, 0.4) is 0 Å². The highest BCUT2D eigenvalue weighted by Gasteiger charge is 2.19. The fraction of sp³-hybridized carbons (Fsp3) is 0.0800. The van der Waals surface area contributed by atoms with Gasteiger partial charge < -0.3 is 14.8 Å². The van der Waals surface area contributed by atoms with E-state index in [2.05, 4.69) is 4.98 Å². The molecule has 7 nitrogen and oxygen atoms in total. The second-order valence-corrected chi connectivity index (χ2v) is 9.19. The summed E-state index contributed by atoms with van der Waals surface area (Å²) < 4.78 is 38.2. The lowest BCUT2D eigenvalue weighted by molar-refractivity contribution is 0.418. The number of methoxy groups -OCH3 is 1. The molecule has 33 heavy (non-hydrogen) atoms. The highest BCUT2D eigenvalue weighted by atomic mass is 32.2. The molecule has 0 spiro atoms. The summed E-state index contributed by atoms with van der Waals surface area (Å²) in [5.74, 6) is 0.917. The van der Waals surface area contributed by atoms with Gasteiger partial charge in [-0.15, -0.1) is 0 Å². The van der Waals surface area contributed by atoms with Crippen molar-refractivity contribution in [2.75, 3.05) is 7.11 Å². The van der Waals surface area contributed by atoms with E-state index < -0.39 is 10.1 Å². The number of hydrogen-bond acceptors (Lipinski definition) is 5. The van der Waals surface area contributed by atoms with Gasteiger partial charge in [-0.1, -0.05) is 42.5 Å². The monoisotopic (exact) mass is 460 g/mol. The molecule has 0 aliphatic carbocycles. The molecule has 166 valence electrons. The van der Waals surface area contributed by atoms with E-state index in [0.29, 0.717) is 33.4 Å². The Morgan fingerprint density at radius 1 is 0.939 bits per heavy atom. The molecule has 0 aliphatic heterocycles. The smallest absolute Gasteiger partial charge is 0.294 e. The van der Waals surface area contributed by atoms with Crippen LogP contribution in [0.1, 0.15) is 5.56 Å². The summed E-state index contributed by atoms with van der Waals surface area (Å²) in [5, 5.41) is 11.4. The third kappa shape index (κ3) is 3.49. The standard InChI is InChI=1S/C25H20N2O5S/c1-14-6-3-4-7-17(14)18-8-5-9-19(24(18)32-2)25-26-20-11-10-15-12-16(33(29,30)31)13-21(28)22(15)23(20)27-25/h3-13,28H,1-2H3,(H,26,27)(H,29,30,31). The lowest BCUT2D eigenvalue weighted by Crippen LogP contribution is -1.97. The molecule has 0 bridgehead atoms. The normalized spacial score (nSPS) is 11.8. The summed E-state index contributed by atoms with van der Waals surface area (Å²) in [4.78, 5) is 7.62. The lowest BCUT2D eigenvalue weighted by atomic mass is 9.97. The van der Waals surface area contributed by atoms with Crippen LogP contribution in [0.25, 0.3) is 44.3 Å². The van der Waals surface area contributed by atoms with E-state index >= 15 is 0 Å². The fourth-order valence-corrected chi connectivity index (χ4v) is 4.73. The molecule has 8 heteroatoms. The molecule has 0 saturated carbocycles. The number of H-pyrrole nitrogens is 1. The number of aromatic nitrogens is 2. The zero-order chi connectivity index (χ0) is 23.3. The van der Waals surface area contributed by atoms with Crippen molar-refractivity contribution in [3.05, 3.63) is 72.3 Å². The Balaban J connectivity index is 1.74. The van der Waals surface area contributed by atoms with Gasteiger partial charge in [-0.3, -0.25) is 4.55 Å². The van der Waals surface area contributed by atoms with E-state index in [-0.39, 0.29) is 10.6 Å². The number of phenolic OH excluding ortho intramolecular Hbond substituents is 1. The quantitative estimate of drug-likeness (QED) is 0.313. The molecule has 5 rings (SSSR count). The first kappa shape index (κ1) is 21.0. The average molecular weight is 461 g/mol. The van der Waals surface area contributed by atoms with Gasteiger partial charge in [0.2, 0.25) is 0 Å². The van der Waals surface area contributed by atoms with Gasteiger partial charge in [0.25, 0.3) is 10.1 Å². The van der Waals surface area contributed by atoms with Crippen LogP contribution in [-0.2, 0) is 10.1 Å². The molecule has 0 aliphatic rings. The fourth-order valence-electron chi connectivity index (χ4n) is 4.19. The number of imidazole rings is 1. The zero-order valence-electron chi connectivity index (χ0n) is 17.8. The van der Waals surface area contributed by atoms with Crippen LogP contribution in [-0.4, -0.2) is 35.2 Å². The number of fused-ring (bicyclic) bond motifs is 3. The molecule has 0 atom stereocenters. The first-order valence-electron chi connectivity index (χ1n) is 10.1. The van der Waals surface area contributed by atoms with Gasteiger partial charge in [-0.2, -0.15) is 8.42 Å². The summed E-state index contributed by atoms with van der Waals surface area (Å²) in [6.07, 6.45) is 0. The first-order chi connectivity index (χ1) is 15.8. The van der Waals surface area contributed by atoms with Crippen LogP contribution in [0.2, 0.25) is 0 Å². The SMILES string of the molecule is COc1c(-c2nc3c(ccc4cc(S(=O)(=O)O)cc(O)c43)[nH]2)cccc1-c1ccccc1C. The number of nitrogens with one attached hydrogen (secondary N) is 1. The topological polar surface area (TPSA) is 113 Å². The van der Waals surface area contributed by atoms with Gasteiger partial charge in [-0.05, 0) is 41.6 Å². The van der Waals surface area contributed by atoms with Gasteiger partial charge in [0.15, 0.2) is 0 Å². The van der Waals surface area contributed by atoms with Crippen molar-refractivity contribution in [2.45, 2.75) is 11.8 Å². The molecular weight excluding hydrogens is 440 g/mol. The Labute approximate surface area is 190 Å². The van der Waals surface area contributed by atoms with E-state index in [4.69, 9.17) is 9.72 Å². The zero-order valence-corrected chi connectivity index (χ0v) is 18.6. The van der Waals surface area contributed by atoms with E-state index in [9.17, 15) is 18.1 Å². The Bertz CT molecular complexity index is 1660. The van der Waals surface area contributed by atoms with Gasteiger partial charge in [0.1, 0.15) is 22.8 Å². The van der Waals surface area contributed by atoms with Gasteiger partial charge in [0, 0.05) is 11.6 Å². The minimum atomic E-state index is -4.46. The van der Waals surface area contributed by atoms with E-state index in [1.807, 2.05) is 49.4 Å². The highest BCUT2D eigenvalue weighted by molar-refractivity contribution is 7.85. The van der Waals surface area contributed by atoms with Crippen LogP contribution in [0.4, 0.5) is 0 Å². The molecule has 5 aromatic rings.